The van der Waals surface area contributed by atoms with Crippen LogP contribution in [0.2, 0.25) is 0 Å². The number of hydrogen-bond acceptors (Lipinski definition) is 5. The maximum absolute atomic E-state index is 12.1. The van der Waals surface area contributed by atoms with Crippen LogP contribution < -0.4 is 4.72 Å². The molecule has 0 fully saturated rings. The van der Waals surface area contributed by atoms with Gasteiger partial charge in [-0.2, -0.15) is 5.10 Å². The van der Waals surface area contributed by atoms with Gasteiger partial charge in [0.05, 0.1) is 0 Å². The summed E-state index contributed by atoms with van der Waals surface area (Å²) in [6, 6.07) is 4.14. The van der Waals surface area contributed by atoms with Crippen molar-refractivity contribution in [2.24, 2.45) is 0 Å². The third-order valence-corrected chi connectivity index (χ3v) is 5.37. The zero-order chi connectivity index (χ0) is 14.8. The minimum absolute atomic E-state index is 0.0286. The summed E-state index contributed by atoms with van der Waals surface area (Å²) >= 11 is 0.696. The molecule has 0 unspecified atom stereocenters. The average Bonchev–Trinajstić information content (AvgIpc) is 2.98. The summed E-state index contributed by atoms with van der Waals surface area (Å²) in [6.45, 7) is 2.00. The van der Waals surface area contributed by atoms with E-state index < -0.39 is 16.0 Å². The first-order chi connectivity index (χ1) is 9.42. The number of carboxylic acids is 1. The third kappa shape index (κ3) is 3.17. The number of nitrogens with one attached hydrogen (secondary N) is 2. The quantitative estimate of drug-likeness (QED) is 0.754. The Kier molecular flexibility index (Phi) is 4.09. The molecule has 0 bridgehead atoms. The second kappa shape index (κ2) is 5.63. The van der Waals surface area contributed by atoms with Crippen molar-refractivity contribution in [2.45, 2.75) is 24.0 Å². The molecule has 20 heavy (non-hydrogen) atoms. The number of nitrogens with zero attached hydrogens (tertiary/aromatic N) is 1. The Hall–Kier alpha value is -1.87. The Morgan fingerprint density at radius 1 is 1.50 bits per heavy atom. The molecular weight excluding hydrogens is 302 g/mol. The number of H-pyrrole nitrogens is 1. The van der Waals surface area contributed by atoms with Crippen LogP contribution in [0, 0.1) is 0 Å². The standard InChI is InChI=1S/C11H13N3O4S2/c1-2-3-7-6-9(13-12-7)14-20(17,18)10-5-4-8(19-10)11(15)16/h4-6H,2-3H2,1H3,(H,15,16)(H2,12,13,14). The number of aryl methyl sites for hydroxylation is 1. The molecule has 108 valence electrons. The van der Waals surface area contributed by atoms with E-state index in [1.807, 2.05) is 6.92 Å². The van der Waals surface area contributed by atoms with Crippen molar-refractivity contribution in [2.75, 3.05) is 4.72 Å². The molecule has 3 N–H and O–H groups in total. The minimum Gasteiger partial charge on any atom is -0.477 e. The Balaban J connectivity index is 2.19. The van der Waals surface area contributed by atoms with Gasteiger partial charge in [-0.05, 0) is 18.6 Å². The van der Waals surface area contributed by atoms with Crippen LogP contribution in [0.15, 0.2) is 22.4 Å². The van der Waals surface area contributed by atoms with Gasteiger partial charge in [0.2, 0.25) is 0 Å². The van der Waals surface area contributed by atoms with Crippen molar-refractivity contribution in [3.63, 3.8) is 0 Å². The molecule has 2 aromatic rings. The summed E-state index contributed by atoms with van der Waals surface area (Å²) in [4.78, 5) is 10.7. The molecule has 0 amide bonds. The molecule has 0 radical (unpaired) electrons. The van der Waals surface area contributed by atoms with Gasteiger partial charge in [-0.25, -0.2) is 13.2 Å². The number of thiophene rings is 1. The van der Waals surface area contributed by atoms with E-state index in [9.17, 15) is 13.2 Å². The molecule has 0 aliphatic carbocycles. The van der Waals surface area contributed by atoms with E-state index in [0.717, 1.165) is 18.5 Å². The molecular formula is C11H13N3O4S2. The van der Waals surface area contributed by atoms with Gasteiger partial charge in [0.25, 0.3) is 10.0 Å². The van der Waals surface area contributed by atoms with Crippen LogP contribution in [0.5, 0.6) is 0 Å². The molecule has 0 spiro atoms. The van der Waals surface area contributed by atoms with E-state index in [-0.39, 0.29) is 14.9 Å². The summed E-state index contributed by atoms with van der Waals surface area (Å²) in [6.07, 6.45) is 1.69. The van der Waals surface area contributed by atoms with Crippen LogP contribution in [0.3, 0.4) is 0 Å². The van der Waals surface area contributed by atoms with Gasteiger partial charge in [0.1, 0.15) is 9.09 Å². The number of aromatic nitrogens is 2. The lowest BCUT2D eigenvalue weighted by molar-refractivity contribution is 0.0702. The zero-order valence-corrected chi connectivity index (χ0v) is 12.2. The summed E-state index contributed by atoms with van der Waals surface area (Å²) < 4.78 is 26.4. The molecule has 0 aromatic carbocycles. The van der Waals surface area contributed by atoms with E-state index in [4.69, 9.17) is 5.11 Å². The number of sulfonamides is 1. The molecule has 0 saturated carbocycles. The number of aromatic amines is 1. The summed E-state index contributed by atoms with van der Waals surface area (Å²) in [5.74, 6) is -0.958. The Bertz CT molecular complexity index is 718. The summed E-state index contributed by atoms with van der Waals surface area (Å²) in [7, 11) is -3.80. The highest BCUT2D eigenvalue weighted by Gasteiger charge is 2.20. The fraction of sp³-hybridized carbons (Fsp3) is 0.273. The predicted molar refractivity (Wildman–Crippen MR) is 74.7 cm³/mol. The molecule has 7 nitrogen and oxygen atoms in total. The highest BCUT2D eigenvalue weighted by Crippen LogP contribution is 2.23. The SMILES string of the molecule is CCCc1cc(NS(=O)(=O)c2ccc(C(=O)O)s2)n[nH]1. The van der Waals surface area contributed by atoms with E-state index in [0.29, 0.717) is 11.3 Å². The Morgan fingerprint density at radius 2 is 2.25 bits per heavy atom. The fourth-order valence-electron chi connectivity index (χ4n) is 1.58. The van der Waals surface area contributed by atoms with Crippen molar-refractivity contribution >= 4 is 33.1 Å². The Morgan fingerprint density at radius 3 is 2.85 bits per heavy atom. The van der Waals surface area contributed by atoms with Gasteiger partial charge in [0.15, 0.2) is 5.82 Å². The average molecular weight is 315 g/mol. The van der Waals surface area contributed by atoms with Crippen molar-refractivity contribution in [1.29, 1.82) is 0 Å². The number of carbonyl (C=O) groups is 1. The van der Waals surface area contributed by atoms with E-state index in [2.05, 4.69) is 14.9 Å². The van der Waals surface area contributed by atoms with Gasteiger partial charge in [-0.15, -0.1) is 11.3 Å². The topological polar surface area (TPSA) is 112 Å². The van der Waals surface area contributed by atoms with Crippen molar-refractivity contribution in [1.82, 2.24) is 10.2 Å². The van der Waals surface area contributed by atoms with Crippen molar-refractivity contribution in [3.8, 4) is 0 Å². The van der Waals surface area contributed by atoms with Gasteiger partial charge in [-0.3, -0.25) is 9.82 Å². The third-order valence-electron chi connectivity index (χ3n) is 2.45. The van der Waals surface area contributed by atoms with Crippen LogP contribution in [0.1, 0.15) is 28.7 Å². The van der Waals surface area contributed by atoms with Crippen LogP contribution >= 0.6 is 11.3 Å². The molecule has 2 rings (SSSR count). The number of carboxylic acid groups (broad SMARTS) is 1. The number of anilines is 1. The van der Waals surface area contributed by atoms with Crippen molar-refractivity contribution in [3.05, 3.63) is 28.8 Å². The highest BCUT2D eigenvalue weighted by atomic mass is 32.2. The first-order valence-corrected chi connectivity index (χ1v) is 8.12. The summed E-state index contributed by atoms with van der Waals surface area (Å²) in [5.41, 5.74) is 0.836. The highest BCUT2D eigenvalue weighted by molar-refractivity contribution is 7.94. The molecule has 2 aromatic heterocycles. The maximum atomic E-state index is 12.1. The lowest BCUT2D eigenvalue weighted by Gasteiger charge is -2.01. The van der Waals surface area contributed by atoms with E-state index in [1.54, 1.807) is 6.07 Å². The molecule has 2 heterocycles. The van der Waals surface area contributed by atoms with Gasteiger partial charge >= 0.3 is 5.97 Å². The molecule has 9 heteroatoms. The number of rotatable bonds is 6. The van der Waals surface area contributed by atoms with Crippen LogP contribution in [0.4, 0.5) is 5.82 Å². The first kappa shape index (κ1) is 14.5. The molecule has 0 saturated heterocycles. The minimum atomic E-state index is -3.80. The largest absolute Gasteiger partial charge is 0.477 e. The second-order valence-electron chi connectivity index (χ2n) is 4.06. The predicted octanol–water partition coefficient (Wildman–Crippen LogP) is 1.92. The number of aromatic carboxylic acids is 1. The van der Waals surface area contributed by atoms with Crippen LogP contribution in [0.25, 0.3) is 0 Å². The normalized spacial score (nSPS) is 11.4. The lowest BCUT2D eigenvalue weighted by Crippen LogP contribution is -2.11. The monoisotopic (exact) mass is 315 g/mol. The number of hydrogen-bond donors (Lipinski definition) is 3. The van der Waals surface area contributed by atoms with Gasteiger partial charge < -0.3 is 5.11 Å². The lowest BCUT2D eigenvalue weighted by atomic mass is 10.2. The Labute approximate surface area is 119 Å². The fourth-order valence-corrected chi connectivity index (χ4v) is 3.72. The van der Waals surface area contributed by atoms with Gasteiger partial charge in [0, 0.05) is 11.8 Å². The summed E-state index contributed by atoms with van der Waals surface area (Å²) in [5, 5.41) is 15.4. The maximum Gasteiger partial charge on any atom is 0.345 e. The van der Waals surface area contributed by atoms with E-state index in [1.165, 1.54) is 12.1 Å². The zero-order valence-electron chi connectivity index (χ0n) is 10.6. The first-order valence-electron chi connectivity index (χ1n) is 5.82. The molecule has 0 aliphatic heterocycles. The van der Waals surface area contributed by atoms with E-state index >= 15 is 0 Å². The van der Waals surface area contributed by atoms with Gasteiger partial charge in [-0.1, -0.05) is 13.3 Å². The molecule has 0 atom stereocenters. The van der Waals surface area contributed by atoms with Crippen LogP contribution in [-0.2, 0) is 16.4 Å². The van der Waals surface area contributed by atoms with Crippen molar-refractivity contribution < 1.29 is 18.3 Å². The second-order valence-corrected chi connectivity index (χ2v) is 7.05. The van der Waals surface area contributed by atoms with Crippen LogP contribution in [-0.4, -0.2) is 29.7 Å². The smallest absolute Gasteiger partial charge is 0.345 e. The molecule has 0 aliphatic rings.